The summed E-state index contributed by atoms with van der Waals surface area (Å²) < 4.78 is 16.4. The highest BCUT2D eigenvalue weighted by atomic mass is 16.5. The van der Waals surface area contributed by atoms with Crippen molar-refractivity contribution >= 4 is 5.91 Å². The molecule has 184 valence electrons. The minimum absolute atomic E-state index is 0.0578. The van der Waals surface area contributed by atoms with Crippen molar-refractivity contribution in [3.63, 3.8) is 0 Å². The van der Waals surface area contributed by atoms with Crippen LogP contribution in [0.15, 0.2) is 72.8 Å². The van der Waals surface area contributed by atoms with Crippen LogP contribution in [0, 0.1) is 0 Å². The van der Waals surface area contributed by atoms with E-state index in [1.54, 1.807) is 14.2 Å². The molecular weight excluding hydrogens is 454 g/mol. The molecule has 1 N–H and O–H groups in total. The number of nitrogens with one attached hydrogen (secondary N) is 1. The molecule has 1 amide bonds. The molecule has 1 unspecified atom stereocenters. The Balaban J connectivity index is 1.53. The number of amides is 1. The lowest BCUT2D eigenvalue weighted by molar-refractivity contribution is 0.0745. The number of nitrogens with zero attached hydrogens (tertiary/aromatic N) is 2. The van der Waals surface area contributed by atoms with Crippen LogP contribution in [0.3, 0.4) is 0 Å². The van der Waals surface area contributed by atoms with Crippen LogP contribution in [0.25, 0.3) is 11.3 Å². The maximum Gasteiger partial charge on any atom is 0.273 e. The van der Waals surface area contributed by atoms with Gasteiger partial charge in [-0.05, 0) is 73.0 Å². The Kier molecular flexibility index (Phi) is 6.62. The Morgan fingerprint density at radius 1 is 0.917 bits per heavy atom. The number of aromatic nitrogens is 2. The van der Waals surface area contributed by atoms with Gasteiger partial charge >= 0.3 is 0 Å². The third-order valence-corrected chi connectivity index (χ3v) is 6.51. The fraction of sp³-hybridized carbons (Fsp3) is 0.241. The molecule has 0 spiro atoms. The molecule has 0 saturated carbocycles. The van der Waals surface area contributed by atoms with Crippen LogP contribution in [0.1, 0.15) is 40.1 Å². The molecule has 0 radical (unpaired) electrons. The fourth-order valence-corrected chi connectivity index (χ4v) is 4.73. The standard InChI is InChI=1S/C29H29N3O4/c1-4-36-24-7-5-6-21(18-24)28-25-26(20-10-14-23(35-3)15-11-20)30-31-27(25)29(33)32(28)17-16-19-8-12-22(34-2)13-9-19/h5-15,18,28H,4,16-17H2,1-3H3,(H,30,31). The van der Waals surface area contributed by atoms with Gasteiger partial charge in [-0.15, -0.1) is 0 Å². The monoisotopic (exact) mass is 483 g/mol. The van der Waals surface area contributed by atoms with E-state index >= 15 is 0 Å². The number of benzene rings is 3. The second-order valence-corrected chi connectivity index (χ2v) is 8.59. The lowest BCUT2D eigenvalue weighted by Crippen LogP contribution is -2.31. The van der Waals surface area contributed by atoms with E-state index in [0.29, 0.717) is 25.3 Å². The molecule has 7 heteroatoms. The lowest BCUT2D eigenvalue weighted by Gasteiger charge is -2.27. The molecule has 5 rings (SSSR count). The van der Waals surface area contributed by atoms with Gasteiger partial charge in [0, 0.05) is 17.7 Å². The highest BCUT2D eigenvalue weighted by Gasteiger charge is 2.42. The van der Waals surface area contributed by atoms with Crippen LogP contribution in [0.5, 0.6) is 17.2 Å². The first-order chi connectivity index (χ1) is 17.6. The van der Waals surface area contributed by atoms with E-state index in [9.17, 15) is 4.79 Å². The Hall–Kier alpha value is -4.26. The number of methoxy groups -OCH3 is 2. The zero-order chi connectivity index (χ0) is 25.1. The van der Waals surface area contributed by atoms with E-state index in [-0.39, 0.29) is 11.9 Å². The van der Waals surface area contributed by atoms with E-state index in [0.717, 1.165) is 45.2 Å². The lowest BCUT2D eigenvalue weighted by atomic mass is 9.95. The molecule has 1 aliphatic rings. The Labute approximate surface area is 210 Å². The summed E-state index contributed by atoms with van der Waals surface area (Å²) in [5.74, 6) is 2.30. The van der Waals surface area contributed by atoms with E-state index in [4.69, 9.17) is 14.2 Å². The van der Waals surface area contributed by atoms with E-state index in [1.165, 1.54) is 0 Å². The van der Waals surface area contributed by atoms with Crippen molar-refractivity contribution in [2.45, 2.75) is 19.4 Å². The maximum absolute atomic E-state index is 13.6. The van der Waals surface area contributed by atoms with Crippen molar-refractivity contribution in [3.05, 3.63) is 95.2 Å². The average molecular weight is 484 g/mol. The Bertz CT molecular complexity index is 1350. The van der Waals surface area contributed by atoms with Crippen molar-refractivity contribution in [1.29, 1.82) is 0 Å². The number of aromatic amines is 1. The van der Waals surface area contributed by atoms with Crippen LogP contribution >= 0.6 is 0 Å². The van der Waals surface area contributed by atoms with E-state index < -0.39 is 0 Å². The zero-order valence-electron chi connectivity index (χ0n) is 20.7. The molecule has 0 saturated heterocycles. The molecule has 1 atom stereocenters. The Morgan fingerprint density at radius 3 is 2.28 bits per heavy atom. The zero-order valence-corrected chi connectivity index (χ0v) is 20.7. The fourth-order valence-electron chi connectivity index (χ4n) is 4.73. The molecule has 2 heterocycles. The molecular formula is C29H29N3O4. The molecule has 1 aromatic heterocycles. The SMILES string of the molecule is CCOc1cccc(C2c3c(-c4ccc(OC)cc4)n[nH]c3C(=O)N2CCc2ccc(OC)cc2)c1. The summed E-state index contributed by atoms with van der Waals surface area (Å²) >= 11 is 0. The largest absolute Gasteiger partial charge is 0.497 e. The van der Waals surface area contributed by atoms with Crippen molar-refractivity contribution in [2.24, 2.45) is 0 Å². The van der Waals surface area contributed by atoms with Crippen LogP contribution in [-0.2, 0) is 6.42 Å². The predicted octanol–water partition coefficient (Wildman–Crippen LogP) is 5.28. The van der Waals surface area contributed by atoms with Gasteiger partial charge in [-0.2, -0.15) is 5.10 Å². The van der Waals surface area contributed by atoms with Gasteiger partial charge in [-0.25, -0.2) is 0 Å². The molecule has 0 bridgehead atoms. The van der Waals surface area contributed by atoms with E-state index in [1.807, 2.05) is 84.6 Å². The molecule has 36 heavy (non-hydrogen) atoms. The summed E-state index contributed by atoms with van der Waals surface area (Å²) in [6.07, 6.45) is 0.715. The van der Waals surface area contributed by atoms with Crippen molar-refractivity contribution < 1.29 is 19.0 Å². The van der Waals surface area contributed by atoms with Gasteiger partial charge in [-0.1, -0.05) is 24.3 Å². The summed E-state index contributed by atoms with van der Waals surface area (Å²) in [5.41, 5.74) is 5.22. The highest BCUT2D eigenvalue weighted by molar-refractivity contribution is 6.00. The number of hydrogen-bond donors (Lipinski definition) is 1. The minimum Gasteiger partial charge on any atom is -0.497 e. The van der Waals surface area contributed by atoms with E-state index in [2.05, 4.69) is 10.2 Å². The van der Waals surface area contributed by atoms with Crippen LogP contribution in [0.2, 0.25) is 0 Å². The maximum atomic E-state index is 13.6. The van der Waals surface area contributed by atoms with Gasteiger partial charge in [0.2, 0.25) is 0 Å². The van der Waals surface area contributed by atoms with Gasteiger partial charge < -0.3 is 19.1 Å². The van der Waals surface area contributed by atoms with Crippen LogP contribution in [-0.4, -0.2) is 48.4 Å². The van der Waals surface area contributed by atoms with Crippen molar-refractivity contribution in [2.75, 3.05) is 27.4 Å². The summed E-state index contributed by atoms with van der Waals surface area (Å²) in [6, 6.07) is 23.4. The first-order valence-electron chi connectivity index (χ1n) is 12.0. The van der Waals surface area contributed by atoms with Gasteiger partial charge in [0.05, 0.1) is 32.6 Å². The second-order valence-electron chi connectivity index (χ2n) is 8.59. The molecule has 3 aromatic carbocycles. The third-order valence-electron chi connectivity index (χ3n) is 6.51. The average Bonchev–Trinajstić information content (AvgIpc) is 3.47. The molecule has 0 aliphatic carbocycles. The first-order valence-corrected chi connectivity index (χ1v) is 12.0. The molecule has 7 nitrogen and oxygen atoms in total. The summed E-state index contributed by atoms with van der Waals surface area (Å²) in [5, 5.41) is 7.59. The normalized spacial score (nSPS) is 14.6. The molecule has 4 aromatic rings. The van der Waals surface area contributed by atoms with Gasteiger partial charge in [0.1, 0.15) is 22.9 Å². The van der Waals surface area contributed by atoms with Gasteiger partial charge in [0.15, 0.2) is 0 Å². The summed E-state index contributed by atoms with van der Waals surface area (Å²) in [4.78, 5) is 15.6. The van der Waals surface area contributed by atoms with Crippen molar-refractivity contribution in [3.8, 4) is 28.5 Å². The number of carbonyl (C=O) groups is 1. The predicted molar refractivity (Wildman–Crippen MR) is 138 cm³/mol. The molecule has 0 fully saturated rings. The number of H-pyrrole nitrogens is 1. The van der Waals surface area contributed by atoms with Gasteiger partial charge in [0.25, 0.3) is 5.91 Å². The Morgan fingerprint density at radius 2 is 1.61 bits per heavy atom. The molecule has 1 aliphatic heterocycles. The third kappa shape index (κ3) is 4.40. The second kappa shape index (κ2) is 10.2. The number of rotatable bonds is 9. The minimum atomic E-state index is -0.290. The van der Waals surface area contributed by atoms with Gasteiger partial charge in [-0.3, -0.25) is 9.89 Å². The number of fused-ring (bicyclic) bond motifs is 1. The van der Waals surface area contributed by atoms with Crippen LogP contribution in [0.4, 0.5) is 0 Å². The smallest absolute Gasteiger partial charge is 0.273 e. The van der Waals surface area contributed by atoms with Crippen LogP contribution < -0.4 is 14.2 Å². The number of carbonyl (C=O) groups excluding carboxylic acids is 1. The topological polar surface area (TPSA) is 76.7 Å². The number of ether oxygens (including phenoxy) is 3. The van der Waals surface area contributed by atoms with Crippen molar-refractivity contribution in [1.82, 2.24) is 15.1 Å². The first kappa shape index (κ1) is 23.5. The quantitative estimate of drug-likeness (QED) is 0.351. The summed E-state index contributed by atoms with van der Waals surface area (Å²) in [7, 11) is 3.29. The highest BCUT2D eigenvalue weighted by Crippen LogP contribution is 2.43. The number of hydrogen-bond acceptors (Lipinski definition) is 5. The summed E-state index contributed by atoms with van der Waals surface area (Å²) in [6.45, 7) is 3.09.